The van der Waals surface area contributed by atoms with Gasteiger partial charge in [0.25, 0.3) is 0 Å². The highest BCUT2D eigenvalue weighted by atomic mass is 35.5. The van der Waals surface area contributed by atoms with Gasteiger partial charge in [0.15, 0.2) is 5.96 Å². The first-order valence-corrected chi connectivity index (χ1v) is 10.8. The molecule has 0 aromatic heterocycles. The first-order valence-electron chi connectivity index (χ1n) is 10.4. The smallest absolute Gasteiger partial charge is 0.414 e. The number of carbonyl (C=O) groups excluding carboxylic acids is 3. The van der Waals surface area contributed by atoms with E-state index in [1.165, 1.54) is 24.1 Å². The molecule has 0 bridgehead atoms. The van der Waals surface area contributed by atoms with Gasteiger partial charge in [-0.2, -0.15) is 0 Å². The number of amides is 3. The minimum Gasteiger partial charge on any atom is -0.452 e. The number of benzene rings is 2. The molecule has 0 saturated heterocycles. The van der Waals surface area contributed by atoms with Gasteiger partial charge in [-0.25, -0.2) is 9.18 Å². The van der Waals surface area contributed by atoms with Crippen molar-refractivity contribution in [3.8, 4) is 0 Å². The van der Waals surface area contributed by atoms with Gasteiger partial charge in [-0.1, -0.05) is 23.7 Å². The Hall–Kier alpha value is -3.90. The number of ether oxygens (including phenoxy) is 1. The molecule has 3 rings (SSSR count). The van der Waals surface area contributed by atoms with Crippen molar-refractivity contribution in [3.05, 3.63) is 58.4 Å². The molecule has 0 saturated carbocycles. The molecular formula is C22H25ClFN7O4. The molecule has 11 nitrogen and oxygen atoms in total. The SMILES string of the molecule is CNCc1ccc2c(c1)N(C(=O)OC)[C@H](CN=C(N)N)[C@H]2NC(=O)C(=O)Nc1ccc(Cl)c(F)c1. The van der Waals surface area contributed by atoms with Gasteiger partial charge in [0, 0.05) is 17.8 Å². The minimum atomic E-state index is -1.04. The Morgan fingerprint density at radius 2 is 1.91 bits per heavy atom. The van der Waals surface area contributed by atoms with Crippen LogP contribution in [0.5, 0.6) is 0 Å². The summed E-state index contributed by atoms with van der Waals surface area (Å²) in [5.74, 6) is -3.03. The number of methoxy groups -OCH3 is 1. The van der Waals surface area contributed by atoms with Crippen LogP contribution < -0.4 is 32.3 Å². The molecule has 0 aliphatic carbocycles. The lowest BCUT2D eigenvalue weighted by atomic mass is 10.0. The molecule has 3 amide bonds. The summed E-state index contributed by atoms with van der Waals surface area (Å²) in [5, 5.41) is 7.84. The average molecular weight is 506 g/mol. The van der Waals surface area contributed by atoms with Gasteiger partial charge in [0.1, 0.15) is 5.82 Å². The minimum absolute atomic E-state index is 0.0452. The largest absolute Gasteiger partial charge is 0.452 e. The van der Waals surface area contributed by atoms with Crippen molar-refractivity contribution in [2.75, 3.05) is 30.9 Å². The molecule has 0 spiro atoms. The quantitative estimate of drug-likeness (QED) is 0.224. The third kappa shape index (κ3) is 5.78. The van der Waals surface area contributed by atoms with Crippen LogP contribution in [0.2, 0.25) is 5.02 Å². The van der Waals surface area contributed by atoms with E-state index < -0.39 is 35.8 Å². The fourth-order valence-electron chi connectivity index (χ4n) is 3.77. The Morgan fingerprint density at radius 3 is 2.54 bits per heavy atom. The van der Waals surface area contributed by atoms with E-state index in [2.05, 4.69) is 20.9 Å². The number of rotatable bonds is 6. The molecule has 186 valence electrons. The second-order valence-electron chi connectivity index (χ2n) is 7.63. The number of anilines is 2. The van der Waals surface area contributed by atoms with Crippen LogP contribution in [0.3, 0.4) is 0 Å². The number of fused-ring (bicyclic) bond motifs is 1. The Kier molecular flexibility index (Phi) is 8.10. The second-order valence-corrected chi connectivity index (χ2v) is 8.04. The summed E-state index contributed by atoms with van der Waals surface area (Å²) in [7, 11) is 3.00. The molecule has 0 unspecified atom stereocenters. The molecule has 1 aliphatic heterocycles. The number of carbonyl (C=O) groups is 3. The second kappa shape index (κ2) is 11.0. The van der Waals surface area contributed by atoms with E-state index in [1.54, 1.807) is 19.2 Å². The molecule has 13 heteroatoms. The van der Waals surface area contributed by atoms with E-state index in [9.17, 15) is 18.8 Å². The monoisotopic (exact) mass is 505 g/mol. The number of hydrogen-bond donors (Lipinski definition) is 5. The lowest BCUT2D eigenvalue weighted by Crippen LogP contribution is -2.48. The molecule has 0 radical (unpaired) electrons. The number of nitrogens with zero attached hydrogens (tertiary/aromatic N) is 2. The van der Waals surface area contributed by atoms with E-state index in [-0.39, 0.29) is 23.2 Å². The fourth-order valence-corrected chi connectivity index (χ4v) is 3.89. The Morgan fingerprint density at radius 1 is 1.17 bits per heavy atom. The number of aliphatic imine (C=N–C) groups is 1. The highest BCUT2D eigenvalue weighted by molar-refractivity contribution is 6.39. The number of hydrogen-bond acceptors (Lipinski definition) is 6. The lowest BCUT2D eigenvalue weighted by Gasteiger charge is -2.26. The summed E-state index contributed by atoms with van der Waals surface area (Å²) in [6, 6.07) is 7.28. The molecule has 1 heterocycles. The molecular weight excluding hydrogens is 481 g/mol. The van der Waals surface area contributed by atoms with Crippen LogP contribution in [0, 0.1) is 5.82 Å². The van der Waals surface area contributed by atoms with Crippen molar-refractivity contribution in [2.24, 2.45) is 16.5 Å². The summed E-state index contributed by atoms with van der Waals surface area (Å²) in [6.45, 7) is 0.445. The van der Waals surface area contributed by atoms with Gasteiger partial charge in [-0.3, -0.25) is 19.5 Å². The van der Waals surface area contributed by atoms with Crippen LogP contribution in [0.1, 0.15) is 17.2 Å². The first kappa shape index (κ1) is 25.7. The molecule has 2 aromatic rings. The summed E-state index contributed by atoms with van der Waals surface area (Å²) < 4.78 is 18.6. The molecule has 2 aromatic carbocycles. The van der Waals surface area contributed by atoms with Crippen LogP contribution >= 0.6 is 11.6 Å². The highest BCUT2D eigenvalue weighted by Crippen LogP contribution is 2.41. The van der Waals surface area contributed by atoms with Gasteiger partial charge in [0.2, 0.25) is 0 Å². The van der Waals surface area contributed by atoms with Crippen molar-refractivity contribution in [1.82, 2.24) is 10.6 Å². The summed E-state index contributed by atoms with van der Waals surface area (Å²) in [4.78, 5) is 43.4. The first-order chi connectivity index (χ1) is 16.7. The van der Waals surface area contributed by atoms with Crippen molar-refractivity contribution >= 4 is 46.8 Å². The zero-order valence-corrected chi connectivity index (χ0v) is 19.7. The fraction of sp³-hybridized carbons (Fsp3) is 0.273. The maximum absolute atomic E-state index is 13.7. The molecule has 35 heavy (non-hydrogen) atoms. The van der Waals surface area contributed by atoms with E-state index >= 15 is 0 Å². The number of nitrogens with two attached hydrogens (primary N) is 2. The summed E-state index contributed by atoms with van der Waals surface area (Å²) in [5.41, 5.74) is 12.9. The normalized spacial score (nSPS) is 16.3. The molecule has 1 aliphatic rings. The van der Waals surface area contributed by atoms with Crippen LogP contribution in [0.25, 0.3) is 0 Å². The Bertz CT molecular complexity index is 1170. The lowest BCUT2D eigenvalue weighted by molar-refractivity contribution is -0.136. The van der Waals surface area contributed by atoms with Crippen LogP contribution in [0.15, 0.2) is 41.4 Å². The van der Waals surface area contributed by atoms with Gasteiger partial charge in [-0.05, 0) is 36.9 Å². The van der Waals surface area contributed by atoms with Gasteiger partial charge < -0.3 is 32.2 Å². The maximum atomic E-state index is 13.7. The van der Waals surface area contributed by atoms with Crippen molar-refractivity contribution in [3.63, 3.8) is 0 Å². The van der Waals surface area contributed by atoms with Crippen molar-refractivity contribution in [2.45, 2.75) is 18.6 Å². The number of guanidine groups is 1. The third-order valence-electron chi connectivity index (χ3n) is 5.29. The average Bonchev–Trinajstić information content (AvgIpc) is 3.12. The number of nitrogens with one attached hydrogen (secondary N) is 3. The Balaban J connectivity index is 1.93. The van der Waals surface area contributed by atoms with Gasteiger partial charge in [0.05, 0.1) is 36.4 Å². The predicted octanol–water partition coefficient (Wildman–Crippen LogP) is 1.22. The zero-order valence-electron chi connectivity index (χ0n) is 19.0. The van der Waals surface area contributed by atoms with E-state index in [4.69, 9.17) is 27.8 Å². The third-order valence-corrected chi connectivity index (χ3v) is 5.60. The standard InChI is InChI=1S/C22H25ClFN7O4/c1-27-9-11-3-5-13-16(7-11)31(22(34)35-2)17(10-28-21(25)26)18(13)30-20(33)19(32)29-12-4-6-14(23)15(24)8-12/h3-8,17-18,27H,9-10H2,1-2H3,(H,29,32)(H,30,33)(H4,25,26,28)/t17-,18+/m1/s1. The van der Waals surface area contributed by atoms with Crippen molar-refractivity contribution < 1.29 is 23.5 Å². The zero-order chi connectivity index (χ0) is 25.7. The summed E-state index contributed by atoms with van der Waals surface area (Å²) in [6.07, 6.45) is -0.693. The van der Waals surface area contributed by atoms with Crippen molar-refractivity contribution in [1.29, 1.82) is 0 Å². The van der Waals surface area contributed by atoms with E-state index in [0.29, 0.717) is 17.8 Å². The van der Waals surface area contributed by atoms with E-state index in [1.807, 2.05) is 6.07 Å². The van der Waals surface area contributed by atoms with Crippen LogP contribution in [-0.4, -0.2) is 50.6 Å². The molecule has 7 N–H and O–H groups in total. The Labute approximate surface area is 205 Å². The maximum Gasteiger partial charge on any atom is 0.414 e. The molecule has 2 atom stereocenters. The van der Waals surface area contributed by atoms with Crippen LogP contribution in [0.4, 0.5) is 20.6 Å². The number of halogens is 2. The van der Waals surface area contributed by atoms with Gasteiger partial charge in [-0.15, -0.1) is 0 Å². The van der Waals surface area contributed by atoms with E-state index in [0.717, 1.165) is 11.6 Å². The summed E-state index contributed by atoms with van der Waals surface area (Å²) >= 11 is 5.65. The molecule has 0 fully saturated rings. The van der Waals surface area contributed by atoms with Crippen LogP contribution in [-0.2, 0) is 20.9 Å². The predicted molar refractivity (Wildman–Crippen MR) is 129 cm³/mol. The highest BCUT2D eigenvalue weighted by Gasteiger charge is 2.43. The topological polar surface area (TPSA) is 164 Å². The van der Waals surface area contributed by atoms with Gasteiger partial charge >= 0.3 is 17.9 Å².